The van der Waals surface area contributed by atoms with Gasteiger partial charge < -0.3 is 10.5 Å². The third kappa shape index (κ3) is 3.47. The molecule has 4 nitrogen and oxygen atoms in total. The number of hydrogen-bond acceptors (Lipinski definition) is 3. The Hall–Kier alpha value is -1.55. The van der Waals surface area contributed by atoms with E-state index in [1.807, 2.05) is 31.2 Å². The molecule has 18 heavy (non-hydrogen) atoms. The van der Waals surface area contributed by atoms with E-state index in [0.29, 0.717) is 6.61 Å². The summed E-state index contributed by atoms with van der Waals surface area (Å²) in [6, 6.07) is 7.59. The normalized spacial score (nSPS) is 17.4. The van der Waals surface area contributed by atoms with Gasteiger partial charge in [0.05, 0.1) is 5.54 Å². The lowest BCUT2D eigenvalue weighted by molar-refractivity contribution is 0.130. The van der Waals surface area contributed by atoms with Crippen molar-refractivity contribution in [3.8, 4) is 0 Å². The van der Waals surface area contributed by atoms with E-state index in [0.717, 1.165) is 36.9 Å². The van der Waals surface area contributed by atoms with Crippen LogP contribution in [0.25, 0.3) is 0 Å². The molecule has 98 valence electrons. The molecule has 1 aliphatic carbocycles. The Morgan fingerprint density at radius 1 is 1.33 bits per heavy atom. The number of nitrogens with one attached hydrogen (secondary N) is 1. The molecule has 0 heterocycles. The van der Waals surface area contributed by atoms with Crippen LogP contribution in [0.5, 0.6) is 0 Å². The zero-order valence-electron chi connectivity index (χ0n) is 10.7. The van der Waals surface area contributed by atoms with Crippen LogP contribution in [0.15, 0.2) is 24.3 Å². The number of benzene rings is 1. The number of anilines is 1. The summed E-state index contributed by atoms with van der Waals surface area (Å²) in [6.07, 6.45) is 3.68. The third-order valence-electron chi connectivity index (χ3n) is 3.39. The predicted molar refractivity (Wildman–Crippen MR) is 71.5 cm³/mol. The molecular formula is C14H20N2O2. The number of ether oxygens (including phenoxy) is 1. The summed E-state index contributed by atoms with van der Waals surface area (Å²) in [7, 11) is 0. The number of carbonyl (C=O) groups excluding carboxylic acids is 1. The first-order valence-electron chi connectivity index (χ1n) is 6.37. The van der Waals surface area contributed by atoms with E-state index in [2.05, 4.69) is 5.32 Å². The van der Waals surface area contributed by atoms with Crippen LogP contribution in [-0.2, 0) is 4.74 Å². The van der Waals surface area contributed by atoms with Gasteiger partial charge in [0.2, 0.25) is 0 Å². The number of hydrogen-bond donors (Lipinski definition) is 2. The maximum Gasteiger partial charge on any atom is 0.411 e. The van der Waals surface area contributed by atoms with Crippen LogP contribution >= 0.6 is 0 Å². The summed E-state index contributed by atoms with van der Waals surface area (Å²) in [6.45, 7) is 2.30. The second kappa shape index (κ2) is 5.40. The number of rotatable bonds is 3. The van der Waals surface area contributed by atoms with Crippen molar-refractivity contribution in [3.05, 3.63) is 29.8 Å². The Bertz CT molecular complexity index is 408. The average Bonchev–Trinajstić information content (AvgIpc) is 2.78. The molecule has 4 heteroatoms. The van der Waals surface area contributed by atoms with Crippen molar-refractivity contribution in [3.63, 3.8) is 0 Å². The Morgan fingerprint density at radius 3 is 2.56 bits per heavy atom. The second-order valence-corrected chi connectivity index (χ2v) is 5.14. The highest BCUT2D eigenvalue weighted by Crippen LogP contribution is 2.27. The molecule has 0 saturated heterocycles. The van der Waals surface area contributed by atoms with Crippen LogP contribution in [-0.4, -0.2) is 18.2 Å². The largest absolute Gasteiger partial charge is 0.447 e. The smallest absolute Gasteiger partial charge is 0.411 e. The Balaban J connectivity index is 1.80. The molecule has 0 atom stereocenters. The molecule has 0 aromatic heterocycles. The van der Waals surface area contributed by atoms with Crippen molar-refractivity contribution < 1.29 is 9.53 Å². The van der Waals surface area contributed by atoms with Crippen molar-refractivity contribution in [1.82, 2.24) is 0 Å². The number of nitrogens with two attached hydrogens (primary N) is 1. The summed E-state index contributed by atoms with van der Waals surface area (Å²) >= 11 is 0. The summed E-state index contributed by atoms with van der Waals surface area (Å²) in [5.41, 5.74) is 7.69. The lowest BCUT2D eigenvalue weighted by Crippen LogP contribution is -2.42. The molecule has 1 aliphatic rings. The molecule has 0 spiro atoms. The van der Waals surface area contributed by atoms with E-state index in [9.17, 15) is 4.79 Å². The SMILES string of the molecule is Cc1ccc(NC(=O)OCC2(N)CCCC2)cc1. The standard InChI is InChI=1S/C14H20N2O2/c1-11-4-6-12(7-5-11)16-13(17)18-10-14(15)8-2-3-9-14/h4-7H,2-3,8-10,15H2,1H3,(H,16,17). The molecule has 0 unspecified atom stereocenters. The fourth-order valence-corrected chi connectivity index (χ4v) is 2.22. The zero-order chi connectivity index (χ0) is 13.0. The van der Waals surface area contributed by atoms with Crippen LogP contribution in [0.1, 0.15) is 31.2 Å². The predicted octanol–water partition coefficient (Wildman–Crippen LogP) is 2.82. The minimum atomic E-state index is -0.435. The first-order chi connectivity index (χ1) is 8.57. The Morgan fingerprint density at radius 2 is 1.94 bits per heavy atom. The summed E-state index contributed by atoms with van der Waals surface area (Å²) in [5.74, 6) is 0. The molecule has 0 aliphatic heterocycles. The molecule has 1 aromatic carbocycles. The average molecular weight is 248 g/mol. The van der Waals surface area contributed by atoms with E-state index in [4.69, 9.17) is 10.5 Å². The highest BCUT2D eigenvalue weighted by atomic mass is 16.5. The van der Waals surface area contributed by atoms with Gasteiger partial charge in [-0.3, -0.25) is 5.32 Å². The fraction of sp³-hybridized carbons (Fsp3) is 0.500. The minimum absolute atomic E-state index is 0.296. The van der Waals surface area contributed by atoms with Gasteiger partial charge in [0.1, 0.15) is 6.61 Å². The van der Waals surface area contributed by atoms with Crippen molar-refractivity contribution in [1.29, 1.82) is 0 Å². The van der Waals surface area contributed by atoms with Crippen molar-refractivity contribution >= 4 is 11.8 Å². The van der Waals surface area contributed by atoms with Gasteiger partial charge >= 0.3 is 6.09 Å². The molecule has 1 saturated carbocycles. The first kappa shape index (κ1) is 12.9. The van der Waals surface area contributed by atoms with E-state index >= 15 is 0 Å². The van der Waals surface area contributed by atoms with E-state index in [1.165, 1.54) is 0 Å². The van der Waals surface area contributed by atoms with Crippen LogP contribution in [0.2, 0.25) is 0 Å². The van der Waals surface area contributed by atoms with E-state index in [1.54, 1.807) is 0 Å². The van der Waals surface area contributed by atoms with Gasteiger partial charge in [0.15, 0.2) is 0 Å². The molecule has 1 fully saturated rings. The van der Waals surface area contributed by atoms with Gasteiger partial charge in [-0.05, 0) is 31.9 Å². The van der Waals surface area contributed by atoms with Gasteiger partial charge in [-0.25, -0.2) is 4.79 Å². The Kier molecular flexibility index (Phi) is 3.87. The highest BCUT2D eigenvalue weighted by molar-refractivity contribution is 5.84. The summed E-state index contributed by atoms with van der Waals surface area (Å²) < 4.78 is 5.19. The number of carbonyl (C=O) groups is 1. The lowest BCUT2D eigenvalue weighted by Gasteiger charge is -2.22. The molecule has 1 aromatic rings. The quantitative estimate of drug-likeness (QED) is 0.864. The van der Waals surface area contributed by atoms with Gasteiger partial charge in [-0.1, -0.05) is 30.5 Å². The van der Waals surface area contributed by atoms with Gasteiger partial charge in [0, 0.05) is 5.69 Å². The topological polar surface area (TPSA) is 64.3 Å². The highest BCUT2D eigenvalue weighted by Gasteiger charge is 2.30. The second-order valence-electron chi connectivity index (χ2n) is 5.14. The van der Waals surface area contributed by atoms with Crippen molar-refractivity contribution in [2.45, 2.75) is 38.1 Å². The molecule has 1 amide bonds. The van der Waals surface area contributed by atoms with Gasteiger partial charge in [-0.2, -0.15) is 0 Å². The van der Waals surface area contributed by atoms with Crippen LogP contribution in [0, 0.1) is 6.92 Å². The zero-order valence-corrected chi connectivity index (χ0v) is 10.7. The fourth-order valence-electron chi connectivity index (χ4n) is 2.22. The van der Waals surface area contributed by atoms with Crippen LogP contribution in [0.4, 0.5) is 10.5 Å². The van der Waals surface area contributed by atoms with Crippen LogP contribution < -0.4 is 11.1 Å². The monoisotopic (exact) mass is 248 g/mol. The first-order valence-corrected chi connectivity index (χ1v) is 6.37. The van der Waals surface area contributed by atoms with Crippen molar-refractivity contribution in [2.24, 2.45) is 5.73 Å². The molecular weight excluding hydrogens is 228 g/mol. The van der Waals surface area contributed by atoms with E-state index in [-0.39, 0.29) is 5.54 Å². The number of aryl methyl sites for hydroxylation is 1. The maximum absolute atomic E-state index is 11.6. The maximum atomic E-state index is 11.6. The molecule has 3 N–H and O–H groups in total. The van der Waals surface area contributed by atoms with Gasteiger partial charge in [0.25, 0.3) is 0 Å². The third-order valence-corrected chi connectivity index (χ3v) is 3.39. The Labute approximate surface area is 108 Å². The van der Waals surface area contributed by atoms with Crippen LogP contribution in [0.3, 0.4) is 0 Å². The lowest BCUT2D eigenvalue weighted by atomic mass is 10.0. The van der Waals surface area contributed by atoms with E-state index < -0.39 is 6.09 Å². The molecule has 0 bridgehead atoms. The summed E-state index contributed by atoms with van der Waals surface area (Å²) in [5, 5.41) is 2.69. The number of amides is 1. The van der Waals surface area contributed by atoms with Crippen molar-refractivity contribution in [2.75, 3.05) is 11.9 Å². The molecule has 0 radical (unpaired) electrons. The van der Waals surface area contributed by atoms with Gasteiger partial charge in [-0.15, -0.1) is 0 Å². The summed E-state index contributed by atoms with van der Waals surface area (Å²) in [4.78, 5) is 11.6. The molecule has 2 rings (SSSR count). The minimum Gasteiger partial charge on any atom is -0.447 e.